The number of nitrogens with zero attached hydrogens (tertiary/aromatic N) is 1. The largest absolute Gasteiger partial charge is 0.456 e. The van der Waals surface area contributed by atoms with Crippen LogP contribution >= 0.6 is 0 Å². The summed E-state index contributed by atoms with van der Waals surface area (Å²) in [5.74, 6) is 0.801. The first-order valence-corrected chi connectivity index (χ1v) is 9.83. The molecule has 4 atom stereocenters. The molecule has 0 saturated heterocycles. The van der Waals surface area contributed by atoms with Crippen LogP contribution in [0.3, 0.4) is 0 Å². The van der Waals surface area contributed by atoms with Crippen molar-refractivity contribution in [3.05, 3.63) is 35.9 Å². The number of rotatable bonds is 8. The van der Waals surface area contributed by atoms with Crippen LogP contribution in [0.15, 0.2) is 30.3 Å². The highest BCUT2D eigenvalue weighted by molar-refractivity contribution is 5.81. The molecule has 1 aromatic rings. The fourth-order valence-corrected chi connectivity index (χ4v) is 3.74. The molecule has 0 radical (unpaired) electrons. The molecule has 1 fully saturated rings. The number of ether oxygens (including phenoxy) is 1. The summed E-state index contributed by atoms with van der Waals surface area (Å²) < 4.78 is 5.85. The third kappa shape index (κ3) is 5.66. The van der Waals surface area contributed by atoms with Gasteiger partial charge in [-0.05, 0) is 58.2 Å². The maximum atomic E-state index is 12.4. The summed E-state index contributed by atoms with van der Waals surface area (Å²) in [6, 6.07) is 10.0. The van der Waals surface area contributed by atoms with Crippen molar-refractivity contribution in [2.75, 3.05) is 14.1 Å². The molecule has 4 nitrogen and oxygen atoms in total. The van der Waals surface area contributed by atoms with Crippen molar-refractivity contribution in [1.29, 1.82) is 0 Å². The number of carbonyl (C=O) groups is 2. The van der Waals surface area contributed by atoms with Gasteiger partial charge in [-0.15, -0.1) is 0 Å². The molecule has 0 N–H and O–H groups in total. The molecule has 0 amide bonds. The molecule has 0 aromatic heterocycles. The molecule has 4 unspecified atom stereocenters. The van der Waals surface area contributed by atoms with Gasteiger partial charge in [0.1, 0.15) is 11.9 Å². The minimum Gasteiger partial charge on any atom is -0.456 e. The molecule has 2 rings (SSSR count). The Morgan fingerprint density at radius 1 is 1.27 bits per heavy atom. The van der Waals surface area contributed by atoms with E-state index < -0.39 is 0 Å². The molecule has 1 aliphatic carbocycles. The first-order chi connectivity index (χ1) is 12.4. The zero-order valence-corrected chi connectivity index (χ0v) is 16.6. The first-order valence-electron chi connectivity index (χ1n) is 9.83. The van der Waals surface area contributed by atoms with E-state index in [0.29, 0.717) is 18.1 Å². The Labute approximate surface area is 157 Å². The number of Topliss-reactive ketones (excluding diaryl/α,β-unsaturated/α-hetero) is 1. The Morgan fingerprint density at radius 3 is 2.62 bits per heavy atom. The summed E-state index contributed by atoms with van der Waals surface area (Å²) in [6.07, 6.45) is 4.69. The summed E-state index contributed by atoms with van der Waals surface area (Å²) in [4.78, 5) is 26.3. The summed E-state index contributed by atoms with van der Waals surface area (Å²) in [7, 11) is 3.99. The van der Waals surface area contributed by atoms with Crippen molar-refractivity contribution in [3.63, 3.8) is 0 Å². The Morgan fingerprint density at radius 2 is 1.96 bits per heavy atom. The molecule has 0 heterocycles. The van der Waals surface area contributed by atoms with Crippen molar-refractivity contribution < 1.29 is 14.3 Å². The molecule has 0 spiro atoms. The van der Waals surface area contributed by atoms with Gasteiger partial charge in [0, 0.05) is 24.8 Å². The van der Waals surface area contributed by atoms with Gasteiger partial charge in [0.05, 0.1) is 0 Å². The third-order valence-corrected chi connectivity index (χ3v) is 5.81. The van der Waals surface area contributed by atoms with Crippen molar-refractivity contribution in [3.8, 4) is 0 Å². The average Bonchev–Trinajstić information content (AvgIpc) is 2.63. The van der Waals surface area contributed by atoms with Crippen LogP contribution < -0.4 is 0 Å². The smallest absolute Gasteiger partial charge is 0.306 e. The topological polar surface area (TPSA) is 46.6 Å². The van der Waals surface area contributed by atoms with Crippen molar-refractivity contribution >= 4 is 11.8 Å². The van der Waals surface area contributed by atoms with Crippen molar-refractivity contribution in [1.82, 2.24) is 4.90 Å². The number of likely N-dealkylation sites (N-methyl/N-ethyl adjacent to an activating group) is 1. The lowest BCUT2D eigenvalue weighted by Crippen LogP contribution is -2.33. The predicted molar refractivity (Wildman–Crippen MR) is 104 cm³/mol. The van der Waals surface area contributed by atoms with Crippen LogP contribution in [-0.2, 0) is 14.3 Å². The van der Waals surface area contributed by atoms with E-state index in [1.54, 1.807) is 0 Å². The summed E-state index contributed by atoms with van der Waals surface area (Å²) in [6.45, 7) is 4.11. The monoisotopic (exact) mass is 359 g/mol. The van der Waals surface area contributed by atoms with Gasteiger partial charge >= 0.3 is 5.97 Å². The average molecular weight is 360 g/mol. The van der Waals surface area contributed by atoms with E-state index in [2.05, 4.69) is 11.8 Å². The lowest BCUT2D eigenvalue weighted by atomic mass is 9.77. The van der Waals surface area contributed by atoms with Gasteiger partial charge < -0.3 is 9.64 Å². The number of esters is 1. The number of benzene rings is 1. The summed E-state index contributed by atoms with van der Waals surface area (Å²) >= 11 is 0. The molecule has 1 saturated carbocycles. The molecule has 144 valence electrons. The predicted octanol–water partition coefficient (Wildman–Crippen LogP) is 4.40. The third-order valence-electron chi connectivity index (χ3n) is 5.81. The van der Waals surface area contributed by atoms with Crippen LogP contribution in [0.5, 0.6) is 0 Å². The Bertz CT molecular complexity index is 584. The Hall–Kier alpha value is -1.68. The van der Waals surface area contributed by atoms with Gasteiger partial charge in [0.25, 0.3) is 0 Å². The van der Waals surface area contributed by atoms with Crippen LogP contribution in [0, 0.1) is 11.8 Å². The lowest BCUT2D eigenvalue weighted by Gasteiger charge is -2.30. The second-order valence-electron chi connectivity index (χ2n) is 7.82. The number of ketones is 1. The standard InChI is InChI=1S/C22H33NO3/c1-16-18(12-8-14-20(16)24)13-9-15-21(25)26-22(17(2)23(3)4)19-10-6-5-7-11-19/h5-7,10-11,16-18,22H,8-9,12-15H2,1-4H3. The molecule has 0 aliphatic heterocycles. The first kappa shape index (κ1) is 20.6. The van der Waals surface area contributed by atoms with Crippen LogP contribution in [-0.4, -0.2) is 36.8 Å². The van der Waals surface area contributed by atoms with Gasteiger partial charge in [-0.1, -0.05) is 37.3 Å². The molecule has 4 heteroatoms. The minimum absolute atomic E-state index is 0.0948. The van der Waals surface area contributed by atoms with Gasteiger partial charge in [-0.3, -0.25) is 9.59 Å². The van der Waals surface area contributed by atoms with Crippen LogP contribution in [0.1, 0.15) is 64.0 Å². The highest BCUT2D eigenvalue weighted by atomic mass is 16.5. The summed E-state index contributed by atoms with van der Waals surface area (Å²) in [5.41, 5.74) is 1.02. The van der Waals surface area contributed by atoms with E-state index in [-0.39, 0.29) is 24.0 Å². The van der Waals surface area contributed by atoms with E-state index in [1.165, 1.54) is 0 Å². The van der Waals surface area contributed by atoms with Gasteiger partial charge in [0.15, 0.2) is 0 Å². The van der Waals surface area contributed by atoms with Crippen LogP contribution in [0.25, 0.3) is 0 Å². The molecule has 1 aliphatic rings. The molecular weight excluding hydrogens is 326 g/mol. The zero-order valence-electron chi connectivity index (χ0n) is 16.6. The second kappa shape index (κ2) is 9.86. The van der Waals surface area contributed by atoms with E-state index in [1.807, 2.05) is 51.4 Å². The molecule has 1 aromatic carbocycles. The van der Waals surface area contributed by atoms with Crippen LogP contribution in [0.2, 0.25) is 0 Å². The molecule has 0 bridgehead atoms. The maximum absolute atomic E-state index is 12.4. The van der Waals surface area contributed by atoms with Crippen molar-refractivity contribution in [2.24, 2.45) is 11.8 Å². The summed E-state index contributed by atoms with van der Waals surface area (Å²) in [5, 5.41) is 0. The quantitative estimate of drug-likeness (QED) is 0.646. The molecule has 26 heavy (non-hydrogen) atoms. The van der Waals surface area contributed by atoms with Gasteiger partial charge in [-0.25, -0.2) is 0 Å². The highest BCUT2D eigenvalue weighted by Gasteiger charge is 2.28. The fourth-order valence-electron chi connectivity index (χ4n) is 3.74. The highest BCUT2D eigenvalue weighted by Crippen LogP contribution is 2.31. The maximum Gasteiger partial charge on any atom is 0.306 e. The number of hydrogen-bond donors (Lipinski definition) is 0. The molecular formula is C22H33NO3. The number of hydrogen-bond acceptors (Lipinski definition) is 4. The van der Waals surface area contributed by atoms with Gasteiger partial charge in [-0.2, -0.15) is 0 Å². The van der Waals surface area contributed by atoms with E-state index in [9.17, 15) is 9.59 Å². The van der Waals surface area contributed by atoms with E-state index in [0.717, 1.165) is 37.7 Å². The Kier molecular flexibility index (Phi) is 7.83. The normalized spacial score (nSPS) is 22.9. The number of carbonyl (C=O) groups excluding carboxylic acids is 2. The van der Waals surface area contributed by atoms with Crippen molar-refractivity contribution in [2.45, 2.75) is 64.5 Å². The van der Waals surface area contributed by atoms with Gasteiger partial charge in [0.2, 0.25) is 0 Å². The minimum atomic E-state index is -0.270. The van der Waals surface area contributed by atoms with Crippen LogP contribution in [0.4, 0.5) is 0 Å². The zero-order chi connectivity index (χ0) is 19.1. The van der Waals surface area contributed by atoms with E-state index in [4.69, 9.17) is 4.74 Å². The fraction of sp³-hybridized carbons (Fsp3) is 0.636. The SMILES string of the molecule is CC1C(=O)CCCC1CCCC(=O)OC(c1ccccc1)C(C)N(C)C. The van der Waals surface area contributed by atoms with E-state index >= 15 is 0 Å². The second-order valence-corrected chi connectivity index (χ2v) is 7.82. The Balaban J connectivity index is 1.88. The lowest BCUT2D eigenvalue weighted by molar-refractivity contribution is -0.152.